The number of para-hydroxylation sites is 3. The number of benzene rings is 3. The minimum atomic E-state index is -0.749. The molecule has 0 fully saturated rings. The lowest BCUT2D eigenvalue weighted by atomic mass is 10.2. The average Bonchev–Trinajstić information content (AvgIpc) is 2.87. The number of amides is 3. The maximum Gasteiger partial charge on any atom is 0.412 e. The Morgan fingerprint density at radius 2 is 1.03 bits per heavy atom. The van der Waals surface area contributed by atoms with Crippen molar-refractivity contribution in [2.45, 2.75) is 18.9 Å². The highest BCUT2D eigenvalue weighted by Crippen LogP contribution is 2.11. The Labute approximate surface area is 203 Å². The summed E-state index contributed by atoms with van der Waals surface area (Å²) in [5, 5.41) is 7.84. The molecular weight excluding hydrogens is 450 g/mol. The molecule has 3 aromatic rings. The van der Waals surface area contributed by atoms with Crippen molar-refractivity contribution in [3.05, 3.63) is 91.0 Å². The highest BCUT2D eigenvalue weighted by atomic mass is 16.6. The zero-order chi connectivity index (χ0) is 24.7. The topological polar surface area (TPSA) is 115 Å². The van der Waals surface area contributed by atoms with Crippen LogP contribution in [0.1, 0.15) is 12.8 Å². The van der Waals surface area contributed by atoms with Gasteiger partial charge < -0.3 is 14.2 Å². The van der Waals surface area contributed by atoms with Crippen LogP contribution in [0.2, 0.25) is 0 Å². The van der Waals surface area contributed by atoms with Crippen LogP contribution < -0.4 is 16.0 Å². The molecule has 3 aromatic carbocycles. The number of carbonyl (C=O) groups is 3. The van der Waals surface area contributed by atoms with E-state index in [4.69, 9.17) is 14.2 Å². The predicted octanol–water partition coefficient (Wildman–Crippen LogP) is 5.88. The Balaban J connectivity index is 1.46. The van der Waals surface area contributed by atoms with Crippen LogP contribution in [0.15, 0.2) is 91.0 Å². The zero-order valence-electron chi connectivity index (χ0n) is 19.0. The molecule has 0 radical (unpaired) electrons. The van der Waals surface area contributed by atoms with Gasteiger partial charge in [-0.15, -0.1) is 0 Å². The summed E-state index contributed by atoms with van der Waals surface area (Å²) in [6, 6.07) is 26.6. The third-order valence-electron chi connectivity index (χ3n) is 4.64. The molecule has 0 saturated heterocycles. The van der Waals surface area contributed by atoms with Crippen LogP contribution in [-0.2, 0) is 14.2 Å². The van der Waals surface area contributed by atoms with E-state index >= 15 is 0 Å². The Hall–Kier alpha value is -4.53. The molecule has 0 unspecified atom stereocenters. The van der Waals surface area contributed by atoms with E-state index in [-0.39, 0.29) is 13.2 Å². The lowest BCUT2D eigenvalue weighted by molar-refractivity contribution is 0.0467. The fraction of sp³-hybridized carbons (Fsp3) is 0.192. The quantitative estimate of drug-likeness (QED) is 0.248. The summed E-state index contributed by atoms with van der Waals surface area (Å²) in [5.41, 5.74) is 1.77. The molecule has 182 valence electrons. The molecule has 9 heteroatoms. The third-order valence-corrected chi connectivity index (χ3v) is 4.64. The Bertz CT molecular complexity index is 1060. The van der Waals surface area contributed by atoms with Gasteiger partial charge in [-0.25, -0.2) is 14.4 Å². The number of hydrogen-bond acceptors (Lipinski definition) is 6. The number of ether oxygens (including phenoxy) is 3. The van der Waals surface area contributed by atoms with E-state index < -0.39 is 24.4 Å². The standard InChI is InChI=1S/C26H27N3O6/c30-24(27-20-11-4-1-5-12-20)33-18-10-17-23(35-26(32)29-22-15-8-3-9-16-22)19-34-25(31)28-21-13-6-2-7-14-21/h1-9,11-16,23H,10,17-19H2,(H,27,30)(H,28,31)(H,29,32)/t23-/m0/s1. The predicted molar refractivity (Wildman–Crippen MR) is 132 cm³/mol. The molecule has 0 aliphatic heterocycles. The van der Waals surface area contributed by atoms with E-state index in [0.29, 0.717) is 29.9 Å². The third kappa shape index (κ3) is 9.87. The van der Waals surface area contributed by atoms with Crippen LogP contribution in [0, 0.1) is 0 Å². The van der Waals surface area contributed by atoms with Crippen molar-refractivity contribution >= 4 is 35.3 Å². The van der Waals surface area contributed by atoms with Crippen LogP contribution in [-0.4, -0.2) is 37.6 Å². The number of rotatable bonds is 10. The molecule has 3 rings (SSSR count). The summed E-state index contributed by atoms with van der Waals surface area (Å²) in [4.78, 5) is 36.4. The van der Waals surface area contributed by atoms with Crippen LogP contribution >= 0.6 is 0 Å². The van der Waals surface area contributed by atoms with Gasteiger partial charge in [0.15, 0.2) is 0 Å². The van der Waals surface area contributed by atoms with Crippen LogP contribution in [0.4, 0.5) is 31.4 Å². The smallest absolute Gasteiger partial charge is 0.412 e. The Morgan fingerprint density at radius 1 is 0.600 bits per heavy atom. The van der Waals surface area contributed by atoms with Gasteiger partial charge in [0.25, 0.3) is 0 Å². The van der Waals surface area contributed by atoms with Gasteiger partial charge >= 0.3 is 18.3 Å². The molecule has 0 heterocycles. The SMILES string of the molecule is O=C(Nc1ccccc1)OCCC[C@@H](COC(=O)Nc1ccccc1)OC(=O)Nc1ccccc1. The molecule has 0 saturated carbocycles. The van der Waals surface area contributed by atoms with Gasteiger partial charge in [-0.05, 0) is 49.2 Å². The maximum absolute atomic E-state index is 12.3. The van der Waals surface area contributed by atoms with Crippen LogP contribution in [0.3, 0.4) is 0 Å². The number of carbonyl (C=O) groups excluding carboxylic acids is 3. The van der Waals surface area contributed by atoms with Gasteiger partial charge in [0, 0.05) is 17.1 Å². The molecule has 0 aliphatic rings. The van der Waals surface area contributed by atoms with Crippen molar-refractivity contribution < 1.29 is 28.6 Å². The van der Waals surface area contributed by atoms with Gasteiger partial charge in [0.2, 0.25) is 0 Å². The molecule has 0 aliphatic carbocycles. The monoisotopic (exact) mass is 477 g/mol. The highest BCUT2D eigenvalue weighted by molar-refractivity contribution is 5.85. The number of anilines is 3. The number of nitrogens with one attached hydrogen (secondary N) is 3. The second-order valence-electron chi connectivity index (χ2n) is 7.38. The van der Waals surface area contributed by atoms with E-state index in [2.05, 4.69) is 16.0 Å². The van der Waals surface area contributed by atoms with E-state index in [1.165, 1.54) is 0 Å². The molecule has 35 heavy (non-hydrogen) atoms. The lowest BCUT2D eigenvalue weighted by Crippen LogP contribution is -2.29. The minimum absolute atomic E-state index is 0.0923. The largest absolute Gasteiger partial charge is 0.449 e. The second-order valence-corrected chi connectivity index (χ2v) is 7.38. The summed E-state index contributed by atoms with van der Waals surface area (Å²) in [6.45, 7) is -0.0773. The van der Waals surface area contributed by atoms with Crippen molar-refractivity contribution in [3.63, 3.8) is 0 Å². The first kappa shape index (κ1) is 25.1. The van der Waals surface area contributed by atoms with Gasteiger partial charge in [-0.3, -0.25) is 16.0 Å². The first-order valence-corrected chi connectivity index (χ1v) is 11.1. The van der Waals surface area contributed by atoms with Crippen molar-refractivity contribution in [1.29, 1.82) is 0 Å². The summed E-state index contributed by atoms with van der Waals surface area (Å²) in [7, 11) is 0. The van der Waals surface area contributed by atoms with E-state index in [9.17, 15) is 14.4 Å². The summed E-state index contributed by atoms with van der Waals surface area (Å²) < 4.78 is 15.9. The molecule has 9 nitrogen and oxygen atoms in total. The minimum Gasteiger partial charge on any atom is -0.449 e. The molecule has 0 aromatic heterocycles. The summed E-state index contributed by atoms with van der Waals surface area (Å²) in [6.07, 6.45) is -2.01. The first-order chi connectivity index (χ1) is 17.1. The molecule has 3 N–H and O–H groups in total. The zero-order valence-corrected chi connectivity index (χ0v) is 19.0. The van der Waals surface area contributed by atoms with Crippen LogP contribution in [0.25, 0.3) is 0 Å². The first-order valence-electron chi connectivity index (χ1n) is 11.1. The van der Waals surface area contributed by atoms with E-state index in [0.717, 1.165) is 0 Å². The molecule has 3 amide bonds. The highest BCUT2D eigenvalue weighted by Gasteiger charge is 2.18. The maximum atomic E-state index is 12.3. The number of hydrogen-bond donors (Lipinski definition) is 3. The van der Waals surface area contributed by atoms with Crippen LogP contribution in [0.5, 0.6) is 0 Å². The van der Waals surface area contributed by atoms with Gasteiger partial charge in [0.05, 0.1) is 6.61 Å². The molecular formula is C26H27N3O6. The lowest BCUT2D eigenvalue weighted by Gasteiger charge is -2.18. The van der Waals surface area contributed by atoms with Crippen molar-refractivity contribution in [1.82, 2.24) is 0 Å². The average molecular weight is 478 g/mol. The Kier molecular flexibility index (Phi) is 9.96. The van der Waals surface area contributed by atoms with Crippen molar-refractivity contribution in [2.75, 3.05) is 29.2 Å². The van der Waals surface area contributed by atoms with E-state index in [1.54, 1.807) is 72.8 Å². The molecule has 1 atom stereocenters. The van der Waals surface area contributed by atoms with Crippen molar-refractivity contribution in [2.24, 2.45) is 0 Å². The second kappa shape index (κ2) is 13.9. The normalized spacial score (nSPS) is 11.0. The Morgan fingerprint density at radius 3 is 1.51 bits per heavy atom. The summed E-state index contributed by atoms with van der Waals surface area (Å²) >= 11 is 0. The molecule has 0 spiro atoms. The van der Waals surface area contributed by atoms with E-state index in [1.807, 2.05) is 18.2 Å². The summed E-state index contributed by atoms with van der Waals surface area (Å²) in [5.74, 6) is 0. The molecule has 0 bridgehead atoms. The fourth-order valence-corrected chi connectivity index (χ4v) is 2.99. The van der Waals surface area contributed by atoms with Crippen molar-refractivity contribution in [3.8, 4) is 0 Å². The van der Waals surface area contributed by atoms with Gasteiger partial charge in [-0.1, -0.05) is 54.6 Å². The van der Waals surface area contributed by atoms with Gasteiger partial charge in [-0.2, -0.15) is 0 Å². The fourth-order valence-electron chi connectivity index (χ4n) is 2.99. The van der Waals surface area contributed by atoms with Gasteiger partial charge in [0.1, 0.15) is 12.7 Å².